The third kappa shape index (κ3) is 24.2. The van der Waals surface area contributed by atoms with E-state index in [1.807, 2.05) is 0 Å². The van der Waals surface area contributed by atoms with E-state index in [0.29, 0.717) is 13.0 Å². The van der Waals surface area contributed by atoms with Gasteiger partial charge in [0, 0.05) is 13.0 Å². The Bertz CT molecular complexity index is 947. The van der Waals surface area contributed by atoms with Crippen LogP contribution in [0.1, 0.15) is 155 Å². The van der Waals surface area contributed by atoms with E-state index >= 15 is 0 Å². The van der Waals surface area contributed by atoms with Gasteiger partial charge in [0.1, 0.15) is 30.5 Å². The fourth-order valence-corrected chi connectivity index (χ4v) is 6.41. The number of ether oxygens (including phenoxy) is 4. The lowest BCUT2D eigenvalue weighted by Crippen LogP contribution is -2.60. The molecule has 1 saturated heterocycles. The fourth-order valence-electron chi connectivity index (χ4n) is 5.90. The molecule has 0 aromatic carbocycles. The van der Waals surface area contributed by atoms with Gasteiger partial charge in [-0.05, 0) is 38.5 Å². The Balaban J connectivity index is 2.50. The van der Waals surface area contributed by atoms with Gasteiger partial charge >= 0.3 is 16.4 Å². The van der Waals surface area contributed by atoms with Crippen LogP contribution < -0.4 is 0 Å². The maximum absolute atomic E-state index is 12.7. The molecular weight excluding hydrogens is 668 g/mol. The van der Waals surface area contributed by atoms with Crippen LogP contribution in [0.25, 0.3) is 0 Å². The quantitative estimate of drug-likeness (QED) is 0.0242. The lowest BCUT2D eigenvalue weighted by Gasteiger charge is -2.41. The molecule has 0 aromatic rings. The van der Waals surface area contributed by atoms with E-state index in [1.54, 1.807) is 0 Å². The number of carbonyl (C=O) groups is 1. The van der Waals surface area contributed by atoms with E-state index in [9.17, 15) is 28.5 Å². The van der Waals surface area contributed by atoms with Crippen molar-refractivity contribution in [3.05, 3.63) is 12.2 Å². The molecule has 50 heavy (non-hydrogen) atoms. The summed E-state index contributed by atoms with van der Waals surface area (Å²) in [6, 6.07) is 0. The van der Waals surface area contributed by atoms with Gasteiger partial charge in [-0.3, -0.25) is 9.35 Å². The number of carbonyl (C=O) groups excluding carboxylic acids is 1. The Hall–Kier alpha value is -1.16. The van der Waals surface area contributed by atoms with E-state index in [-0.39, 0.29) is 19.6 Å². The van der Waals surface area contributed by atoms with Gasteiger partial charge < -0.3 is 34.3 Å². The molecule has 0 aromatic heterocycles. The zero-order valence-corrected chi connectivity index (χ0v) is 31.8. The lowest BCUT2D eigenvalue weighted by molar-refractivity contribution is -0.301. The first-order valence-electron chi connectivity index (χ1n) is 19.4. The Labute approximate surface area is 302 Å². The van der Waals surface area contributed by atoms with Crippen molar-refractivity contribution in [2.24, 2.45) is 0 Å². The predicted molar refractivity (Wildman–Crippen MR) is 193 cm³/mol. The SMILES string of the molecule is CCCCCCC/C=C\CCCCCCCC(=O)OC(COCCCCCCCCCCC)COC1OC(CO)C(O)C(OS(=O)(=O)O)C1O. The van der Waals surface area contributed by atoms with E-state index in [2.05, 4.69) is 30.2 Å². The molecular formula is C37H70O12S. The van der Waals surface area contributed by atoms with Gasteiger partial charge in [0.05, 0.1) is 19.8 Å². The number of hydrogen-bond donors (Lipinski definition) is 4. The molecule has 0 saturated carbocycles. The molecule has 0 bridgehead atoms. The van der Waals surface area contributed by atoms with Crippen LogP contribution in [0.15, 0.2) is 12.2 Å². The van der Waals surface area contributed by atoms with Crippen molar-refractivity contribution in [1.82, 2.24) is 0 Å². The molecule has 1 aliphatic rings. The van der Waals surface area contributed by atoms with Gasteiger partial charge in [0.15, 0.2) is 6.29 Å². The van der Waals surface area contributed by atoms with Gasteiger partial charge in [-0.1, -0.05) is 122 Å². The van der Waals surface area contributed by atoms with Crippen molar-refractivity contribution in [3.63, 3.8) is 0 Å². The summed E-state index contributed by atoms with van der Waals surface area (Å²) in [5.74, 6) is -0.409. The minimum atomic E-state index is -5.05. The summed E-state index contributed by atoms with van der Waals surface area (Å²) in [6.07, 6.45) is 19.7. The summed E-state index contributed by atoms with van der Waals surface area (Å²) in [7, 11) is -5.05. The second-order valence-corrected chi connectivity index (χ2v) is 14.6. The Morgan fingerprint density at radius 2 is 1.26 bits per heavy atom. The molecule has 13 heteroatoms. The molecule has 0 aliphatic carbocycles. The summed E-state index contributed by atoms with van der Waals surface area (Å²) in [5.41, 5.74) is 0. The zero-order chi connectivity index (χ0) is 36.9. The van der Waals surface area contributed by atoms with Crippen molar-refractivity contribution in [3.8, 4) is 0 Å². The van der Waals surface area contributed by atoms with Crippen LogP contribution in [0.4, 0.5) is 0 Å². The summed E-state index contributed by atoms with van der Waals surface area (Å²) >= 11 is 0. The van der Waals surface area contributed by atoms with E-state index < -0.39 is 59.8 Å². The first-order chi connectivity index (χ1) is 24.1. The third-order valence-corrected chi connectivity index (χ3v) is 9.35. The van der Waals surface area contributed by atoms with Crippen molar-refractivity contribution < 1.29 is 56.2 Å². The highest BCUT2D eigenvalue weighted by Crippen LogP contribution is 2.26. The fraction of sp³-hybridized carbons (Fsp3) is 0.919. The minimum absolute atomic E-state index is 0.0365. The van der Waals surface area contributed by atoms with Gasteiger partial charge in [0.25, 0.3) is 0 Å². The van der Waals surface area contributed by atoms with Gasteiger partial charge in [0.2, 0.25) is 0 Å². The molecule has 1 rings (SSSR count). The lowest BCUT2D eigenvalue weighted by atomic mass is 9.99. The first-order valence-corrected chi connectivity index (χ1v) is 20.8. The molecule has 0 radical (unpaired) electrons. The largest absolute Gasteiger partial charge is 0.457 e. The van der Waals surface area contributed by atoms with Gasteiger partial charge in [-0.2, -0.15) is 8.42 Å². The molecule has 4 N–H and O–H groups in total. The van der Waals surface area contributed by atoms with Gasteiger partial charge in [-0.15, -0.1) is 0 Å². The number of unbranched alkanes of at least 4 members (excludes halogenated alkanes) is 18. The number of rotatable bonds is 33. The second-order valence-electron chi connectivity index (χ2n) is 13.5. The monoisotopic (exact) mass is 738 g/mol. The maximum atomic E-state index is 12.7. The van der Waals surface area contributed by atoms with Crippen molar-refractivity contribution in [1.29, 1.82) is 0 Å². The first kappa shape index (κ1) is 46.9. The molecule has 1 aliphatic heterocycles. The molecule has 12 nitrogen and oxygen atoms in total. The molecule has 0 amide bonds. The number of esters is 1. The van der Waals surface area contributed by atoms with E-state index in [4.69, 9.17) is 23.5 Å². The average Bonchev–Trinajstić information content (AvgIpc) is 3.08. The van der Waals surface area contributed by atoms with Crippen LogP contribution >= 0.6 is 0 Å². The average molecular weight is 739 g/mol. The maximum Gasteiger partial charge on any atom is 0.397 e. The highest BCUT2D eigenvalue weighted by Gasteiger charge is 2.48. The normalized spacial score (nSPS) is 21.9. The van der Waals surface area contributed by atoms with E-state index in [1.165, 1.54) is 70.6 Å². The Kier molecular flexibility index (Phi) is 28.4. The molecule has 1 heterocycles. The smallest absolute Gasteiger partial charge is 0.397 e. The number of hydrogen-bond acceptors (Lipinski definition) is 11. The van der Waals surface area contributed by atoms with Crippen LogP contribution in [-0.2, 0) is 38.3 Å². The van der Waals surface area contributed by atoms with E-state index in [0.717, 1.165) is 57.8 Å². The third-order valence-electron chi connectivity index (χ3n) is 8.89. The molecule has 6 atom stereocenters. The summed E-state index contributed by atoms with van der Waals surface area (Å²) in [5, 5.41) is 30.5. The van der Waals surface area contributed by atoms with Crippen LogP contribution in [-0.4, -0.2) is 97.5 Å². The van der Waals surface area contributed by atoms with Crippen LogP contribution in [0.3, 0.4) is 0 Å². The molecule has 6 unspecified atom stereocenters. The molecule has 0 spiro atoms. The van der Waals surface area contributed by atoms with Gasteiger partial charge in [-0.25, -0.2) is 4.18 Å². The minimum Gasteiger partial charge on any atom is -0.457 e. The number of aliphatic hydroxyl groups excluding tert-OH is 3. The summed E-state index contributed by atoms with van der Waals surface area (Å²) in [4.78, 5) is 12.7. The Morgan fingerprint density at radius 3 is 1.80 bits per heavy atom. The van der Waals surface area contributed by atoms with Crippen molar-refractivity contribution in [2.45, 2.75) is 192 Å². The van der Waals surface area contributed by atoms with Crippen LogP contribution in [0.2, 0.25) is 0 Å². The highest BCUT2D eigenvalue weighted by molar-refractivity contribution is 7.80. The Morgan fingerprint density at radius 1 is 0.740 bits per heavy atom. The van der Waals surface area contributed by atoms with Crippen LogP contribution in [0.5, 0.6) is 0 Å². The van der Waals surface area contributed by atoms with Crippen LogP contribution in [0, 0.1) is 0 Å². The number of allylic oxidation sites excluding steroid dienone is 2. The summed E-state index contributed by atoms with van der Waals surface area (Å²) < 4.78 is 58.7. The topological polar surface area (TPSA) is 178 Å². The number of aliphatic hydroxyl groups is 3. The summed E-state index contributed by atoms with van der Waals surface area (Å²) in [6.45, 7) is 3.94. The van der Waals surface area contributed by atoms with Crippen molar-refractivity contribution >= 4 is 16.4 Å². The molecule has 1 fully saturated rings. The zero-order valence-electron chi connectivity index (χ0n) is 31.0. The second kappa shape index (κ2) is 30.3. The predicted octanol–water partition coefficient (Wildman–Crippen LogP) is 6.74. The molecule has 296 valence electrons. The highest BCUT2D eigenvalue weighted by atomic mass is 32.3. The standard InChI is InChI=1S/C37H70O12S/c1-3-5-7-9-11-13-14-15-16-17-18-20-22-24-26-33(39)47-31(29-45-27-25-23-21-19-12-10-8-6-4-2)30-46-37-35(41)36(49-50(42,43)44)34(40)32(28-38)48-37/h14-15,31-32,34-38,40-41H,3-13,16-30H2,1-2H3,(H,42,43,44)/b15-14-. The van der Waals surface area contributed by atoms with Crippen molar-refractivity contribution in [2.75, 3.05) is 26.4 Å².